The Bertz CT molecular complexity index is 388. The molecule has 5 heteroatoms. The maximum Gasteiger partial charge on any atom is 0.127 e. The molecule has 0 aliphatic heterocycles. The highest BCUT2D eigenvalue weighted by molar-refractivity contribution is 5.30. The van der Waals surface area contributed by atoms with Gasteiger partial charge in [-0.15, -0.1) is 0 Å². The molecule has 4 nitrogen and oxygen atoms in total. The normalized spacial score (nSPS) is 14.2. The molecule has 5 N–H and O–H groups in total. The van der Waals surface area contributed by atoms with Crippen LogP contribution in [0, 0.1) is 5.82 Å². The van der Waals surface area contributed by atoms with E-state index in [9.17, 15) is 9.50 Å². The standard InChI is InChI=1S/C14H23FN2O2/c1-2-3-4-19-12-6-10(5-11(15)8-12)7-13(17)14(18)9-16/h5-6,8,13-14,18H,2-4,7,9,16-17H2,1H3/t13-,14+/m0/s1. The van der Waals surface area contributed by atoms with Gasteiger partial charge in [-0.3, -0.25) is 0 Å². The van der Waals surface area contributed by atoms with Crippen molar-refractivity contribution in [1.29, 1.82) is 0 Å². The monoisotopic (exact) mass is 270 g/mol. The summed E-state index contributed by atoms with van der Waals surface area (Å²) in [4.78, 5) is 0. The number of benzene rings is 1. The zero-order valence-corrected chi connectivity index (χ0v) is 11.3. The third-order valence-corrected chi connectivity index (χ3v) is 2.90. The molecule has 0 aliphatic carbocycles. The van der Waals surface area contributed by atoms with Crippen molar-refractivity contribution in [3.05, 3.63) is 29.6 Å². The number of rotatable bonds is 8. The third kappa shape index (κ3) is 5.55. The van der Waals surface area contributed by atoms with Gasteiger partial charge < -0.3 is 21.3 Å². The Hall–Kier alpha value is -1.17. The fourth-order valence-electron chi connectivity index (χ4n) is 1.74. The van der Waals surface area contributed by atoms with Crippen molar-refractivity contribution in [2.24, 2.45) is 11.5 Å². The number of ether oxygens (including phenoxy) is 1. The van der Waals surface area contributed by atoms with E-state index in [0.717, 1.165) is 12.8 Å². The summed E-state index contributed by atoms with van der Waals surface area (Å²) in [6.45, 7) is 2.72. The van der Waals surface area contributed by atoms with E-state index in [4.69, 9.17) is 16.2 Å². The molecule has 0 amide bonds. The molecule has 2 atom stereocenters. The first-order valence-electron chi connectivity index (χ1n) is 6.62. The summed E-state index contributed by atoms with van der Waals surface area (Å²) >= 11 is 0. The molecule has 0 bridgehead atoms. The molecule has 0 saturated heterocycles. The second-order valence-corrected chi connectivity index (χ2v) is 4.67. The Kier molecular flexibility index (Phi) is 6.77. The summed E-state index contributed by atoms with van der Waals surface area (Å²) in [5.41, 5.74) is 11.8. The number of aliphatic hydroxyl groups is 1. The van der Waals surface area contributed by atoms with Crippen molar-refractivity contribution in [3.8, 4) is 5.75 Å². The van der Waals surface area contributed by atoms with Crippen LogP contribution < -0.4 is 16.2 Å². The zero-order valence-electron chi connectivity index (χ0n) is 11.3. The SMILES string of the molecule is CCCCOc1cc(F)cc(C[C@H](N)[C@H](O)CN)c1. The molecule has 1 rings (SSSR count). The summed E-state index contributed by atoms with van der Waals surface area (Å²) in [5.74, 6) is 0.135. The van der Waals surface area contributed by atoms with Gasteiger partial charge in [-0.1, -0.05) is 13.3 Å². The van der Waals surface area contributed by atoms with E-state index in [2.05, 4.69) is 6.92 Å². The third-order valence-electron chi connectivity index (χ3n) is 2.90. The lowest BCUT2D eigenvalue weighted by atomic mass is 10.0. The second-order valence-electron chi connectivity index (χ2n) is 4.67. The molecule has 108 valence electrons. The van der Waals surface area contributed by atoms with Crippen LogP contribution in [-0.4, -0.2) is 30.4 Å². The summed E-state index contributed by atoms with van der Waals surface area (Å²) < 4.78 is 18.9. The highest BCUT2D eigenvalue weighted by Crippen LogP contribution is 2.18. The molecule has 0 heterocycles. The topological polar surface area (TPSA) is 81.5 Å². The first-order chi connectivity index (χ1) is 9.06. The van der Waals surface area contributed by atoms with Crippen LogP contribution in [0.1, 0.15) is 25.3 Å². The van der Waals surface area contributed by atoms with Crippen LogP contribution in [0.4, 0.5) is 4.39 Å². The summed E-state index contributed by atoms with van der Waals surface area (Å²) in [7, 11) is 0. The zero-order chi connectivity index (χ0) is 14.3. The molecule has 0 aliphatic rings. The van der Waals surface area contributed by atoms with E-state index in [-0.39, 0.29) is 12.4 Å². The minimum absolute atomic E-state index is 0.0936. The smallest absolute Gasteiger partial charge is 0.127 e. The van der Waals surface area contributed by atoms with Gasteiger partial charge in [-0.2, -0.15) is 0 Å². The minimum atomic E-state index is -0.785. The van der Waals surface area contributed by atoms with Crippen LogP contribution in [0.15, 0.2) is 18.2 Å². The van der Waals surface area contributed by atoms with Gasteiger partial charge in [0, 0.05) is 18.7 Å². The van der Waals surface area contributed by atoms with Gasteiger partial charge in [-0.05, 0) is 30.5 Å². The Morgan fingerprint density at radius 3 is 2.74 bits per heavy atom. The van der Waals surface area contributed by atoms with E-state index in [1.165, 1.54) is 12.1 Å². The highest BCUT2D eigenvalue weighted by Gasteiger charge is 2.14. The fraction of sp³-hybridized carbons (Fsp3) is 0.571. The quantitative estimate of drug-likeness (QED) is 0.620. The number of hydrogen-bond acceptors (Lipinski definition) is 4. The van der Waals surface area contributed by atoms with Gasteiger partial charge in [0.2, 0.25) is 0 Å². The molecule has 0 aromatic heterocycles. The van der Waals surface area contributed by atoms with Crippen LogP contribution in [-0.2, 0) is 6.42 Å². The fourth-order valence-corrected chi connectivity index (χ4v) is 1.74. The molecule has 0 unspecified atom stereocenters. The van der Waals surface area contributed by atoms with Crippen LogP contribution >= 0.6 is 0 Å². The number of unbranched alkanes of at least 4 members (excludes halogenated alkanes) is 1. The van der Waals surface area contributed by atoms with Gasteiger partial charge >= 0.3 is 0 Å². The van der Waals surface area contributed by atoms with Gasteiger partial charge in [0.25, 0.3) is 0 Å². The van der Waals surface area contributed by atoms with Crippen molar-refractivity contribution in [1.82, 2.24) is 0 Å². The van der Waals surface area contributed by atoms with Gasteiger partial charge in [0.05, 0.1) is 12.7 Å². The summed E-state index contributed by atoms with van der Waals surface area (Å²) in [6, 6.07) is 4.00. The number of hydrogen-bond donors (Lipinski definition) is 3. The first-order valence-corrected chi connectivity index (χ1v) is 6.62. The summed E-state index contributed by atoms with van der Waals surface area (Å²) in [5, 5.41) is 9.52. The number of nitrogens with two attached hydrogens (primary N) is 2. The molecule has 1 aromatic carbocycles. The van der Waals surface area contributed by atoms with Gasteiger partial charge in [0.15, 0.2) is 0 Å². The van der Waals surface area contributed by atoms with E-state index in [0.29, 0.717) is 24.3 Å². The number of aliphatic hydroxyl groups excluding tert-OH is 1. The van der Waals surface area contributed by atoms with Crippen molar-refractivity contribution in [2.75, 3.05) is 13.2 Å². The van der Waals surface area contributed by atoms with E-state index in [1.54, 1.807) is 6.07 Å². The Morgan fingerprint density at radius 1 is 1.37 bits per heavy atom. The molecule has 1 aromatic rings. The van der Waals surface area contributed by atoms with Gasteiger partial charge in [-0.25, -0.2) is 4.39 Å². The second kappa shape index (κ2) is 8.09. The van der Waals surface area contributed by atoms with Crippen molar-refractivity contribution < 1.29 is 14.2 Å². The average Bonchev–Trinajstić information content (AvgIpc) is 2.37. The molecule has 0 saturated carbocycles. The lowest BCUT2D eigenvalue weighted by molar-refractivity contribution is 0.152. The van der Waals surface area contributed by atoms with E-state index in [1.807, 2.05) is 0 Å². The van der Waals surface area contributed by atoms with Gasteiger partial charge in [0.1, 0.15) is 11.6 Å². The Balaban J connectivity index is 2.67. The van der Waals surface area contributed by atoms with E-state index >= 15 is 0 Å². The molecule has 0 fully saturated rings. The Morgan fingerprint density at radius 2 is 2.11 bits per heavy atom. The maximum atomic E-state index is 13.5. The predicted molar refractivity (Wildman–Crippen MR) is 73.5 cm³/mol. The predicted octanol–water partition coefficient (Wildman–Crippen LogP) is 1.19. The van der Waals surface area contributed by atoms with Crippen LogP contribution in [0.2, 0.25) is 0 Å². The molecule has 19 heavy (non-hydrogen) atoms. The Labute approximate surface area is 113 Å². The largest absolute Gasteiger partial charge is 0.493 e. The average molecular weight is 270 g/mol. The lowest BCUT2D eigenvalue weighted by Crippen LogP contribution is -2.41. The maximum absolute atomic E-state index is 13.5. The summed E-state index contributed by atoms with van der Waals surface area (Å²) in [6.07, 6.45) is 1.53. The van der Waals surface area contributed by atoms with Crippen LogP contribution in [0.25, 0.3) is 0 Å². The molecule has 0 radical (unpaired) electrons. The van der Waals surface area contributed by atoms with E-state index < -0.39 is 12.1 Å². The van der Waals surface area contributed by atoms with Crippen molar-refractivity contribution in [2.45, 2.75) is 38.3 Å². The van der Waals surface area contributed by atoms with Crippen LogP contribution in [0.3, 0.4) is 0 Å². The van der Waals surface area contributed by atoms with Crippen LogP contribution in [0.5, 0.6) is 5.75 Å². The first kappa shape index (κ1) is 15.9. The lowest BCUT2D eigenvalue weighted by Gasteiger charge is -2.17. The minimum Gasteiger partial charge on any atom is -0.493 e. The highest BCUT2D eigenvalue weighted by atomic mass is 19.1. The number of halogens is 1. The van der Waals surface area contributed by atoms with Crippen molar-refractivity contribution >= 4 is 0 Å². The molecular formula is C14H23FN2O2. The molecule has 0 spiro atoms. The van der Waals surface area contributed by atoms with Crippen molar-refractivity contribution in [3.63, 3.8) is 0 Å². The molecular weight excluding hydrogens is 247 g/mol.